The van der Waals surface area contributed by atoms with Crippen molar-refractivity contribution in [3.05, 3.63) is 52.4 Å². The molecular formula is C25H22ClFN6O6. The van der Waals surface area contributed by atoms with Gasteiger partial charge in [0.2, 0.25) is 5.91 Å². The lowest BCUT2D eigenvalue weighted by molar-refractivity contribution is -0.156. The van der Waals surface area contributed by atoms with Gasteiger partial charge in [-0.05, 0) is 37.1 Å². The Balaban J connectivity index is 1.41. The maximum atomic E-state index is 14.4. The number of benzene rings is 1. The van der Waals surface area contributed by atoms with Gasteiger partial charge in [-0.1, -0.05) is 11.6 Å². The van der Waals surface area contributed by atoms with Crippen LogP contribution >= 0.6 is 11.6 Å². The van der Waals surface area contributed by atoms with Crippen molar-refractivity contribution in [2.24, 2.45) is 0 Å². The number of esters is 1. The molecule has 2 fully saturated rings. The van der Waals surface area contributed by atoms with E-state index in [2.05, 4.69) is 20.7 Å². The van der Waals surface area contributed by atoms with E-state index in [1.165, 1.54) is 30.5 Å². The van der Waals surface area contributed by atoms with Crippen LogP contribution in [0.3, 0.4) is 0 Å². The molecule has 12 nitrogen and oxygen atoms in total. The van der Waals surface area contributed by atoms with Crippen LogP contribution in [0.2, 0.25) is 5.02 Å². The summed E-state index contributed by atoms with van der Waals surface area (Å²) in [7, 11) is 0. The Morgan fingerprint density at radius 1 is 1.23 bits per heavy atom. The van der Waals surface area contributed by atoms with E-state index in [0.717, 1.165) is 17.7 Å². The number of carbonyl (C=O) groups is 4. The molecule has 2 aromatic heterocycles. The van der Waals surface area contributed by atoms with E-state index in [1.807, 2.05) is 0 Å². The first-order valence-electron chi connectivity index (χ1n) is 12.0. The van der Waals surface area contributed by atoms with Crippen molar-refractivity contribution < 1.29 is 33.4 Å². The van der Waals surface area contributed by atoms with Crippen molar-refractivity contribution in [2.45, 2.75) is 38.1 Å². The molecule has 2 aliphatic rings. The number of carboxylic acids is 1. The summed E-state index contributed by atoms with van der Waals surface area (Å²) in [6.45, 7) is -0.616. The molecule has 1 saturated heterocycles. The molecule has 1 aliphatic carbocycles. The zero-order valence-corrected chi connectivity index (χ0v) is 21.1. The summed E-state index contributed by atoms with van der Waals surface area (Å²) in [6, 6.07) is 6.04. The predicted octanol–water partition coefficient (Wildman–Crippen LogP) is 3.35. The van der Waals surface area contributed by atoms with Crippen molar-refractivity contribution >= 4 is 64.4 Å². The lowest BCUT2D eigenvalue weighted by Gasteiger charge is -2.13. The average molecular weight is 557 g/mol. The predicted molar refractivity (Wildman–Crippen MR) is 137 cm³/mol. The smallest absolute Gasteiger partial charge is 0.308 e. The molecule has 5 rings (SSSR count). The number of likely N-dealkylation sites (tertiary alicyclic amines) is 1. The molecule has 39 heavy (non-hydrogen) atoms. The molecule has 2 amide bonds. The lowest BCUT2D eigenvalue weighted by atomic mass is 10.1. The van der Waals surface area contributed by atoms with E-state index in [1.54, 1.807) is 10.6 Å². The number of aromatic nitrogens is 3. The topological polar surface area (TPSA) is 155 Å². The number of halogens is 2. The minimum atomic E-state index is -1.17. The zero-order chi connectivity index (χ0) is 27.7. The molecule has 14 heteroatoms. The highest BCUT2D eigenvalue weighted by Gasteiger charge is 2.35. The first-order valence-corrected chi connectivity index (χ1v) is 12.4. The summed E-state index contributed by atoms with van der Waals surface area (Å²) in [4.78, 5) is 53.0. The van der Waals surface area contributed by atoms with Gasteiger partial charge in [0.1, 0.15) is 17.5 Å². The summed E-state index contributed by atoms with van der Waals surface area (Å²) in [5, 5.41) is 19.7. The average Bonchev–Trinajstić information content (AvgIpc) is 3.55. The number of nitrogens with one attached hydrogen (secondary N) is 2. The number of hydrogen-bond donors (Lipinski definition) is 3. The van der Waals surface area contributed by atoms with Crippen LogP contribution in [0.4, 0.5) is 21.7 Å². The van der Waals surface area contributed by atoms with Crippen LogP contribution in [0.1, 0.15) is 37.7 Å². The molecule has 0 spiro atoms. The van der Waals surface area contributed by atoms with Crippen LogP contribution < -0.4 is 10.6 Å². The number of carboxylic acid groups (broad SMARTS) is 1. The van der Waals surface area contributed by atoms with E-state index in [4.69, 9.17) is 21.4 Å². The van der Waals surface area contributed by atoms with Gasteiger partial charge in [0, 0.05) is 28.3 Å². The standard InChI is InChI=1S/C25H22ClFN6O6/c26-15-1-4-17(27)18(9-15)30-19-10-20(29-16-2-3-16)33-24(31-19)14(11-28-33)7-13-8-21(34)32(25(13)38)12-39-23(37)6-5-22(35)36/h1,4,7,9-11,16,29H,2-3,5-6,8,12H2,(H,30,31)(H,35,36). The number of imide groups is 1. The fraction of sp³-hybridized carbons (Fsp3) is 0.280. The number of rotatable bonds is 10. The highest BCUT2D eigenvalue weighted by molar-refractivity contribution is 6.30. The highest BCUT2D eigenvalue weighted by Crippen LogP contribution is 2.30. The van der Waals surface area contributed by atoms with Crippen LogP contribution in [-0.4, -0.2) is 61.1 Å². The third kappa shape index (κ3) is 5.98. The van der Waals surface area contributed by atoms with Crippen molar-refractivity contribution in [3.8, 4) is 0 Å². The van der Waals surface area contributed by atoms with Gasteiger partial charge in [0.15, 0.2) is 12.4 Å². The third-order valence-corrected chi connectivity index (χ3v) is 6.24. The van der Waals surface area contributed by atoms with Crippen LogP contribution in [0.25, 0.3) is 11.7 Å². The number of amides is 2. The summed E-state index contributed by atoms with van der Waals surface area (Å²) in [5.74, 6) is -2.86. The lowest BCUT2D eigenvalue weighted by Crippen LogP contribution is -2.33. The number of ether oxygens (including phenoxy) is 1. The maximum absolute atomic E-state index is 14.4. The van der Waals surface area contributed by atoms with Gasteiger partial charge in [-0.3, -0.25) is 19.2 Å². The quantitative estimate of drug-likeness (QED) is 0.192. The van der Waals surface area contributed by atoms with Gasteiger partial charge in [-0.25, -0.2) is 14.3 Å². The second-order valence-corrected chi connectivity index (χ2v) is 9.48. The molecule has 1 saturated carbocycles. The van der Waals surface area contributed by atoms with E-state index in [-0.39, 0.29) is 30.1 Å². The molecule has 3 N–H and O–H groups in total. The van der Waals surface area contributed by atoms with Gasteiger partial charge in [-0.15, -0.1) is 0 Å². The molecule has 1 aromatic carbocycles. The number of aliphatic carboxylic acids is 1. The van der Waals surface area contributed by atoms with E-state index < -0.39 is 42.7 Å². The Hall–Kier alpha value is -4.52. The molecule has 1 aliphatic heterocycles. The Morgan fingerprint density at radius 2 is 2.03 bits per heavy atom. The normalized spacial score (nSPS) is 16.3. The van der Waals surface area contributed by atoms with Crippen molar-refractivity contribution in [1.29, 1.82) is 0 Å². The summed E-state index contributed by atoms with van der Waals surface area (Å²) >= 11 is 6.02. The monoisotopic (exact) mass is 556 g/mol. The van der Waals surface area contributed by atoms with E-state index in [9.17, 15) is 23.6 Å². The van der Waals surface area contributed by atoms with Crippen molar-refractivity contribution in [1.82, 2.24) is 19.5 Å². The van der Waals surface area contributed by atoms with Gasteiger partial charge in [0.25, 0.3) is 5.91 Å². The fourth-order valence-electron chi connectivity index (χ4n) is 3.89. The van der Waals surface area contributed by atoms with Crippen molar-refractivity contribution in [2.75, 3.05) is 17.4 Å². The Bertz CT molecular complexity index is 1530. The molecule has 3 aromatic rings. The zero-order valence-electron chi connectivity index (χ0n) is 20.3. The van der Waals surface area contributed by atoms with Crippen LogP contribution in [0, 0.1) is 5.82 Å². The van der Waals surface area contributed by atoms with Gasteiger partial charge in [0.05, 0.1) is 31.1 Å². The minimum absolute atomic E-state index is 0.126. The van der Waals surface area contributed by atoms with Crippen molar-refractivity contribution in [3.63, 3.8) is 0 Å². The number of nitrogens with zero attached hydrogens (tertiary/aromatic N) is 4. The van der Waals surface area contributed by atoms with Gasteiger partial charge in [-0.2, -0.15) is 9.61 Å². The van der Waals surface area contributed by atoms with E-state index in [0.29, 0.717) is 27.9 Å². The second-order valence-electron chi connectivity index (χ2n) is 9.04. The minimum Gasteiger partial charge on any atom is -0.481 e. The highest BCUT2D eigenvalue weighted by atomic mass is 35.5. The number of anilines is 3. The molecule has 0 radical (unpaired) electrons. The Labute approximate surface area is 225 Å². The SMILES string of the molecule is O=C(O)CCC(=O)OCN1C(=O)CC(=Cc2cnn3c(NC4CC4)cc(Nc4cc(Cl)ccc4F)nc23)C1=O. The Kier molecular flexibility index (Phi) is 7.15. The fourth-order valence-corrected chi connectivity index (χ4v) is 4.06. The molecular weight excluding hydrogens is 535 g/mol. The number of carbonyl (C=O) groups excluding carboxylic acids is 3. The molecule has 0 atom stereocenters. The van der Waals surface area contributed by atoms with E-state index >= 15 is 0 Å². The summed E-state index contributed by atoms with van der Waals surface area (Å²) in [6.07, 6.45) is 3.90. The molecule has 0 bridgehead atoms. The molecule has 0 unspecified atom stereocenters. The number of fused-ring (bicyclic) bond motifs is 1. The van der Waals surface area contributed by atoms with Crippen LogP contribution in [0.15, 0.2) is 36.0 Å². The second kappa shape index (κ2) is 10.7. The maximum Gasteiger partial charge on any atom is 0.308 e. The summed E-state index contributed by atoms with van der Waals surface area (Å²) in [5.41, 5.74) is 1.04. The number of hydrogen-bond acceptors (Lipinski definition) is 9. The van der Waals surface area contributed by atoms with Gasteiger partial charge >= 0.3 is 11.9 Å². The Morgan fingerprint density at radius 3 is 2.77 bits per heavy atom. The molecule has 202 valence electrons. The summed E-state index contributed by atoms with van der Waals surface area (Å²) < 4.78 is 20.8. The van der Waals surface area contributed by atoms with Gasteiger partial charge < -0.3 is 20.5 Å². The largest absolute Gasteiger partial charge is 0.481 e. The molecule has 3 heterocycles. The first-order chi connectivity index (χ1) is 18.7. The van der Waals surface area contributed by atoms with Crippen LogP contribution in [0.5, 0.6) is 0 Å². The van der Waals surface area contributed by atoms with Crippen LogP contribution in [-0.2, 0) is 23.9 Å². The first kappa shape index (κ1) is 26.1. The third-order valence-electron chi connectivity index (χ3n) is 6.01.